The van der Waals surface area contributed by atoms with Crippen molar-refractivity contribution in [3.63, 3.8) is 0 Å². The van der Waals surface area contributed by atoms with Crippen LogP contribution in [0.1, 0.15) is 78.8 Å². The number of ether oxygens (including phenoxy) is 1. The standard InChI is InChI=1S/C31H38F3N3O2/c1-3-36(19-22-7-4-5-8-22)29-10-6-9-26-14-23(11-12-27(26)17-29)20-37(30(38)39-2)21-25-13-24(18-35)15-28(16-25)31(32,33)34/h11-16,22,29H,3-10,17,19-21H2,1-2H3. The van der Waals surface area contributed by atoms with E-state index in [0.717, 1.165) is 55.8 Å². The third-order valence-corrected chi connectivity index (χ3v) is 8.23. The van der Waals surface area contributed by atoms with Crippen molar-refractivity contribution in [1.82, 2.24) is 9.80 Å². The second-order valence-corrected chi connectivity index (χ2v) is 10.9. The molecule has 0 N–H and O–H groups in total. The highest BCUT2D eigenvalue weighted by Crippen LogP contribution is 2.32. The number of methoxy groups -OCH3 is 1. The molecule has 1 amide bonds. The molecule has 1 unspecified atom stereocenters. The van der Waals surface area contributed by atoms with Crippen molar-refractivity contribution < 1.29 is 22.7 Å². The average molecular weight is 542 g/mol. The number of nitrogens with zero attached hydrogens (tertiary/aromatic N) is 3. The Kier molecular flexibility index (Phi) is 9.55. The van der Waals surface area contributed by atoms with Gasteiger partial charge in [0.15, 0.2) is 0 Å². The number of benzene rings is 2. The second kappa shape index (κ2) is 12.9. The summed E-state index contributed by atoms with van der Waals surface area (Å²) in [5.41, 5.74) is 2.75. The van der Waals surface area contributed by atoms with Gasteiger partial charge in [-0.25, -0.2) is 4.79 Å². The van der Waals surface area contributed by atoms with Crippen LogP contribution in [0, 0.1) is 17.2 Å². The molecule has 1 atom stereocenters. The molecule has 39 heavy (non-hydrogen) atoms. The lowest BCUT2D eigenvalue weighted by atomic mass is 9.97. The first kappa shape index (κ1) is 28.9. The number of carbonyl (C=O) groups is 1. The summed E-state index contributed by atoms with van der Waals surface area (Å²) in [4.78, 5) is 16.6. The fourth-order valence-corrected chi connectivity index (χ4v) is 6.23. The molecule has 0 aliphatic heterocycles. The van der Waals surface area contributed by atoms with E-state index in [1.54, 1.807) is 6.07 Å². The molecule has 4 rings (SSSR count). The zero-order valence-electron chi connectivity index (χ0n) is 22.9. The van der Waals surface area contributed by atoms with E-state index >= 15 is 0 Å². The highest BCUT2D eigenvalue weighted by molar-refractivity contribution is 5.67. The quantitative estimate of drug-likeness (QED) is 0.335. The first-order valence-corrected chi connectivity index (χ1v) is 14.0. The third kappa shape index (κ3) is 7.54. The Morgan fingerprint density at radius 2 is 1.77 bits per heavy atom. The SMILES string of the molecule is CCN(CC1CCCC1)C1CCCc2cc(CN(Cc3cc(C#N)cc(C(F)(F)F)c3)C(=O)OC)ccc2C1. The van der Waals surface area contributed by atoms with Gasteiger partial charge in [-0.3, -0.25) is 4.90 Å². The Labute approximate surface area is 229 Å². The van der Waals surface area contributed by atoms with E-state index < -0.39 is 17.8 Å². The van der Waals surface area contributed by atoms with Gasteiger partial charge in [-0.2, -0.15) is 18.4 Å². The fraction of sp³-hybridized carbons (Fsp3) is 0.548. The molecule has 0 heterocycles. The number of nitriles is 1. The van der Waals surface area contributed by atoms with E-state index in [9.17, 15) is 23.2 Å². The minimum atomic E-state index is -4.59. The van der Waals surface area contributed by atoms with Crippen LogP contribution in [0.3, 0.4) is 0 Å². The van der Waals surface area contributed by atoms with Gasteiger partial charge in [0.05, 0.1) is 24.3 Å². The van der Waals surface area contributed by atoms with E-state index in [-0.39, 0.29) is 24.2 Å². The van der Waals surface area contributed by atoms with Gasteiger partial charge in [-0.15, -0.1) is 0 Å². The molecule has 0 bridgehead atoms. The molecule has 0 aromatic heterocycles. The lowest BCUT2D eigenvalue weighted by molar-refractivity contribution is -0.137. The lowest BCUT2D eigenvalue weighted by Gasteiger charge is -2.32. The molecule has 2 aliphatic rings. The topological polar surface area (TPSA) is 56.6 Å². The first-order chi connectivity index (χ1) is 18.7. The van der Waals surface area contributed by atoms with Gasteiger partial charge in [0, 0.05) is 25.7 Å². The highest BCUT2D eigenvalue weighted by Gasteiger charge is 2.32. The number of rotatable bonds is 8. The van der Waals surface area contributed by atoms with Gasteiger partial charge in [0.2, 0.25) is 0 Å². The van der Waals surface area contributed by atoms with Crippen LogP contribution in [0.25, 0.3) is 0 Å². The van der Waals surface area contributed by atoms with Crippen molar-refractivity contribution in [2.24, 2.45) is 5.92 Å². The molecule has 0 saturated heterocycles. The molecule has 2 aliphatic carbocycles. The molecular weight excluding hydrogens is 503 g/mol. The maximum atomic E-state index is 13.4. The molecule has 0 radical (unpaired) electrons. The minimum Gasteiger partial charge on any atom is -0.453 e. The van der Waals surface area contributed by atoms with Gasteiger partial charge >= 0.3 is 12.3 Å². The zero-order chi connectivity index (χ0) is 28.0. The summed E-state index contributed by atoms with van der Waals surface area (Å²) in [5, 5.41) is 9.23. The van der Waals surface area contributed by atoms with Gasteiger partial charge in [0.25, 0.3) is 0 Å². The normalized spacial score (nSPS) is 17.9. The van der Waals surface area contributed by atoms with Crippen LogP contribution in [0.15, 0.2) is 36.4 Å². The number of likely N-dealkylation sites (N-methyl/N-ethyl adjacent to an activating group) is 1. The summed E-state index contributed by atoms with van der Waals surface area (Å²) in [6, 6.07) is 11.8. The number of aryl methyl sites for hydroxylation is 1. The smallest absolute Gasteiger partial charge is 0.416 e. The van der Waals surface area contributed by atoms with Gasteiger partial charge in [-0.05, 0) is 91.4 Å². The van der Waals surface area contributed by atoms with E-state index in [0.29, 0.717) is 6.04 Å². The molecule has 8 heteroatoms. The monoisotopic (exact) mass is 541 g/mol. The van der Waals surface area contributed by atoms with E-state index in [4.69, 9.17) is 4.74 Å². The third-order valence-electron chi connectivity index (χ3n) is 8.23. The van der Waals surface area contributed by atoms with Crippen LogP contribution in [0.2, 0.25) is 0 Å². The Balaban J connectivity index is 1.50. The Hall–Kier alpha value is -3.05. The molecular formula is C31H38F3N3O2. The van der Waals surface area contributed by atoms with Crippen molar-refractivity contribution in [2.75, 3.05) is 20.2 Å². The summed E-state index contributed by atoms with van der Waals surface area (Å²) < 4.78 is 45.1. The maximum Gasteiger partial charge on any atom is 0.416 e. The summed E-state index contributed by atoms with van der Waals surface area (Å²) in [6.07, 6.45) is 4.43. The van der Waals surface area contributed by atoms with Crippen molar-refractivity contribution in [1.29, 1.82) is 5.26 Å². The number of fused-ring (bicyclic) bond motifs is 1. The van der Waals surface area contributed by atoms with Gasteiger partial charge in [0.1, 0.15) is 0 Å². The predicted molar refractivity (Wildman–Crippen MR) is 144 cm³/mol. The van der Waals surface area contributed by atoms with Crippen LogP contribution >= 0.6 is 0 Å². The fourth-order valence-electron chi connectivity index (χ4n) is 6.23. The van der Waals surface area contributed by atoms with Crippen LogP contribution in [0.4, 0.5) is 18.0 Å². The highest BCUT2D eigenvalue weighted by atomic mass is 19.4. The number of hydrogen-bond donors (Lipinski definition) is 0. The summed E-state index contributed by atoms with van der Waals surface area (Å²) >= 11 is 0. The molecule has 5 nitrogen and oxygen atoms in total. The van der Waals surface area contributed by atoms with Gasteiger partial charge in [-0.1, -0.05) is 38.0 Å². The summed E-state index contributed by atoms with van der Waals surface area (Å²) in [6.45, 7) is 4.61. The number of alkyl halides is 3. The molecule has 1 fully saturated rings. The van der Waals surface area contributed by atoms with E-state index in [1.165, 1.54) is 61.4 Å². The summed E-state index contributed by atoms with van der Waals surface area (Å²) in [5.74, 6) is 0.820. The predicted octanol–water partition coefficient (Wildman–Crippen LogP) is 7.11. The first-order valence-electron chi connectivity index (χ1n) is 14.0. The van der Waals surface area contributed by atoms with Crippen LogP contribution in [0.5, 0.6) is 0 Å². The lowest BCUT2D eigenvalue weighted by Crippen LogP contribution is -2.39. The molecule has 0 spiro atoms. The van der Waals surface area contributed by atoms with Crippen LogP contribution < -0.4 is 0 Å². The largest absolute Gasteiger partial charge is 0.453 e. The molecule has 1 saturated carbocycles. The maximum absolute atomic E-state index is 13.4. The molecule has 2 aromatic carbocycles. The van der Waals surface area contributed by atoms with Crippen molar-refractivity contribution in [3.05, 3.63) is 69.8 Å². The minimum absolute atomic E-state index is 0.0988. The number of halogens is 3. The Morgan fingerprint density at radius 1 is 1.03 bits per heavy atom. The van der Waals surface area contributed by atoms with Crippen molar-refractivity contribution in [2.45, 2.75) is 83.6 Å². The molecule has 2 aromatic rings. The van der Waals surface area contributed by atoms with Crippen LogP contribution in [-0.4, -0.2) is 42.1 Å². The Bertz CT molecular complexity index is 1180. The van der Waals surface area contributed by atoms with Crippen LogP contribution in [-0.2, 0) is 36.8 Å². The summed E-state index contributed by atoms with van der Waals surface area (Å²) in [7, 11) is 1.25. The number of amides is 1. The Morgan fingerprint density at radius 3 is 2.44 bits per heavy atom. The molecule has 210 valence electrons. The second-order valence-electron chi connectivity index (χ2n) is 10.9. The van der Waals surface area contributed by atoms with E-state index in [1.807, 2.05) is 6.07 Å². The van der Waals surface area contributed by atoms with E-state index in [2.05, 4.69) is 24.0 Å². The number of carbonyl (C=O) groups excluding carboxylic acids is 1. The zero-order valence-corrected chi connectivity index (χ0v) is 22.9. The van der Waals surface area contributed by atoms with Crippen molar-refractivity contribution in [3.8, 4) is 6.07 Å². The average Bonchev–Trinajstić information content (AvgIpc) is 3.35. The number of hydrogen-bond acceptors (Lipinski definition) is 4. The van der Waals surface area contributed by atoms with Crippen molar-refractivity contribution >= 4 is 6.09 Å². The van der Waals surface area contributed by atoms with Gasteiger partial charge < -0.3 is 9.64 Å².